The number of para-hydroxylation sites is 1. The number of fused-ring (bicyclic) bond motifs is 1. The molecule has 0 radical (unpaired) electrons. The van der Waals surface area contributed by atoms with Crippen LogP contribution in [0.2, 0.25) is 0 Å². The Hall–Kier alpha value is -3.33. The standard InChI is InChI=1S/C24H25BrN4O4/c1-14-11-17(12-20(31-3)22(14)32-4)27-24-26-13-18(25)23(28-24)33-19-9-5-7-16-8-6-10-29(15(2)30)21(16)19/h5,7,9,11-13H,6,8,10H2,1-4H3,(H,26,27,28). The summed E-state index contributed by atoms with van der Waals surface area (Å²) in [5.41, 5.74) is 3.54. The molecule has 1 aromatic heterocycles. The molecule has 0 aliphatic carbocycles. The molecule has 0 saturated heterocycles. The van der Waals surface area contributed by atoms with Crippen molar-refractivity contribution in [3.05, 3.63) is 52.1 Å². The van der Waals surface area contributed by atoms with Crippen LogP contribution in [0.25, 0.3) is 0 Å². The fourth-order valence-electron chi connectivity index (χ4n) is 3.96. The summed E-state index contributed by atoms with van der Waals surface area (Å²) in [6, 6.07) is 9.54. The summed E-state index contributed by atoms with van der Waals surface area (Å²) < 4.78 is 17.6. The Labute approximate surface area is 201 Å². The fraction of sp³-hybridized carbons (Fsp3) is 0.292. The number of amides is 1. The van der Waals surface area contributed by atoms with Gasteiger partial charge in [-0.3, -0.25) is 4.79 Å². The van der Waals surface area contributed by atoms with E-state index in [-0.39, 0.29) is 5.91 Å². The molecule has 8 nitrogen and oxygen atoms in total. The first-order valence-electron chi connectivity index (χ1n) is 10.5. The number of benzene rings is 2. The van der Waals surface area contributed by atoms with Gasteiger partial charge in [0, 0.05) is 25.2 Å². The van der Waals surface area contributed by atoms with Crippen LogP contribution in [0.4, 0.5) is 17.3 Å². The van der Waals surface area contributed by atoms with E-state index in [1.807, 2.05) is 37.3 Å². The third kappa shape index (κ3) is 4.73. The molecule has 33 heavy (non-hydrogen) atoms. The van der Waals surface area contributed by atoms with Crippen LogP contribution in [0.15, 0.2) is 41.0 Å². The van der Waals surface area contributed by atoms with E-state index in [0.29, 0.717) is 40.1 Å². The summed E-state index contributed by atoms with van der Waals surface area (Å²) in [4.78, 5) is 22.9. The van der Waals surface area contributed by atoms with Crippen molar-refractivity contribution in [3.8, 4) is 23.1 Å². The van der Waals surface area contributed by atoms with Crippen molar-refractivity contribution in [2.45, 2.75) is 26.7 Å². The molecule has 1 N–H and O–H groups in total. The van der Waals surface area contributed by atoms with Crippen LogP contribution < -0.4 is 24.4 Å². The molecular weight excluding hydrogens is 488 g/mol. The monoisotopic (exact) mass is 512 g/mol. The predicted molar refractivity (Wildman–Crippen MR) is 130 cm³/mol. The molecular formula is C24H25BrN4O4. The molecule has 0 spiro atoms. The van der Waals surface area contributed by atoms with Crippen LogP contribution in [-0.2, 0) is 11.2 Å². The summed E-state index contributed by atoms with van der Waals surface area (Å²) in [7, 11) is 3.20. The van der Waals surface area contributed by atoms with Gasteiger partial charge in [0.2, 0.25) is 17.7 Å². The maximum atomic E-state index is 12.2. The SMILES string of the molecule is COc1cc(Nc2ncc(Br)c(Oc3cccc4c3N(C(C)=O)CCC4)n2)cc(C)c1OC. The molecule has 9 heteroatoms. The van der Waals surface area contributed by atoms with Gasteiger partial charge in [-0.05, 0) is 59.0 Å². The lowest BCUT2D eigenvalue weighted by atomic mass is 10.0. The second-order valence-corrected chi connectivity index (χ2v) is 8.49. The minimum Gasteiger partial charge on any atom is -0.493 e. The number of nitrogens with one attached hydrogen (secondary N) is 1. The zero-order chi connectivity index (χ0) is 23.5. The molecule has 2 aromatic carbocycles. The third-order valence-corrected chi connectivity index (χ3v) is 5.94. The minimum absolute atomic E-state index is 0.0140. The van der Waals surface area contributed by atoms with Crippen molar-refractivity contribution >= 4 is 39.2 Å². The summed E-state index contributed by atoms with van der Waals surface area (Å²) in [5.74, 6) is 2.54. The van der Waals surface area contributed by atoms with Gasteiger partial charge in [-0.1, -0.05) is 12.1 Å². The highest BCUT2D eigenvalue weighted by molar-refractivity contribution is 9.10. The summed E-state index contributed by atoms with van der Waals surface area (Å²) in [5, 5.41) is 3.19. The Morgan fingerprint density at radius 3 is 2.73 bits per heavy atom. The van der Waals surface area contributed by atoms with Crippen molar-refractivity contribution in [3.63, 3.8) is 0 Å². The number of halogens is 1. The second-order valence-electron chi connectivity index (χ2n) is 7.64. The molecule has 0 atom stereocenters. The molecule has 1 aliphatic heterocycles. The van der Waals surface area contributed by atoms with Gasteiger partial charge in [-0.15, -0.1) is 0 Å². The number of nitrogens with zero attached hydrogens (tertiary/aromatic N) is 3. The van der Waals surface area contributed by atoms with Crippen LogP contribution >= 0.6 is 15.9 Å². The van der Waals surface area contributed by atoms with Crippen molar-refractivity contribution < 1.29 is 19.0 Å². The number of aryl methyl sites for hydroxylation is 2. The smallest absolute Gasteiger partial charge is 0.238 e. The number of hydrogen-bond donors (Lipinski definition) is 1. The highest BCUT2D eigenvalue weighted by atomic mass is 79.9. The lowest BCUT2D eigenvalue weighted by Gasteiger charge is -2.30. The molecule has 4 rings (SSSR count). The van der Waals surface area contributed by atoms with E-state index in [9.17, 15) is 4.79 Å². The molecule has 172 valence electrons. The first kappa shape index (κ1) is 22.8. The maximum Gasteiger partial charge on any atom is 0.238 e. The van der Waals surface area contributed by atoms with Gasteiger partial charge >= 0.3 is 0 Å². The highest BCUT2D eigenvalue weighted by Crippen LogP contribution is 2.40. The number of rotatable bonds is 6. The Bertz CT molecular complexity index is 1200. The fourth-order valence-corrected chi connectivity index (χ4v) is 4.23. The second kappa shape index (κ2) is 9.66. The number of ether oxygens (including phenoxy) is 3. The summed E-state index contributed by atoms with van der Waals surface area (Å²) in [6.07, 6.45) is 3.44. The van der Waals surface area contributed by atoms with Crippen molar-refractivity contribution in [1.29, 1.82) is 0 Å². The Morgan fingerprint density at radius 1 is 1.18 bits per heavy atom. The van der Waals surface area contributed by atoms with E-state index in [1.165, 1.54) is 0 Å². The predicted octanol–water partition coefficient (Wildman–Crippen LogP) is 5.40. The van der Waals surface area contributed by atoms with E-state index < -0.39 is 0 Å². The highest BCUT2D eigenvalue weighted by Gasteiger charge is 2.25. The Balaban J connectivity index is 1.65. The Morgan fingerprint density at radius 2 is 2.00 bits per heavy atom. The average molecular weight is 513 g/mol. The van der Waals surface area contributed by atoms with E-state index in [1.54, 1.807) is 32.2 Å². The lowest BCUT2D eigenvalue weighted by Crippen LogP contribution is -2.33. The first-order valence-corrected chi connectivity index (χ1v) is 11.3. The molecule has 0 bridgehead atoms. The lowest BCUT2D eigenvalue weighted by molar-refractivity contribution is -0.116. The van der Waals surface area contributed by atoms with Crippen molar-refractivity contribution in [2.75, 3.05) is 31.0 Å². The molecule has 2 heterocycles. The minimum atomic E-state index is -0.0140. The van der Waals surface area contributed by atoms with Crippen LogP contribution in [0.1, 0.15) is 24.5 Å². The largest absolute Gasteiger partial charge is 0.493 e. The molecule has 1 aliphatic rings. The topological polar surface area (TPSA) is 85.8 Å². The molecule has 0 saturated carbocycles. The number of aromatic nitrogens is 2. The van der Waals surface area contributed by atoms with E-state index >= 15 is 0 Å². The number of carbonyl (C=O) groups is 1. The number of carbonyl (C=O) groups excluding carboxylic acids is 1. The molecule has 1 amide bonds. The van der Waals surface area contributed by atoms with Gasteiger partial charge in [0.1, 0.15) is 0 Å². The number of hydrogen-bond acceptors (Lipinski definition) is 7. The van der Waals surface area contributed by atoms with Gasteiger partial charge in [0.05, 0.1) is 30.6 Å². The molecule has 3 aromatic rings. The van der Waals surface area contributed by atoms with E-state index in [4.69, 9.17) is 14.2 Å². The average Bonchev–Trinajstić information content (AvgIpc) is 2.80. The molecule has 0 unspecified atom stereocenters. The summed E-state index contributed by atoms with van der Waals surface area (Å²) in [6.45, 7) is 4.17. The first-order chi connectivity index (χ1) is 15.9. The van der Waals surface area contributed by atoms with Gasteiger partial charge in [-0.2, -0.15) is 4.98 Å². The summed E-state index contributed by atoms with van der Waals surface area (Å²) >= 11 is 3.47. The quantitative estimate of drug-likeness (QED) is 0.473. The normalized spacial score (nSPS) is 12.7. The van der Waals surface area contributed by atoms with Crippen molar-refractivity contribution in [1.82, 2.24) is 9.97 Å². The van der Waals surface area contributed by atoms with E-state index in [0.717, 1.165) is 35.3 Å². The van der Waals surface area contributed by atoms with Crippen LogP contribution in [0, 0.1) is 6.92 Å². The number of anilines is 3. The maximum absolute atomic E-state index is 12.2. The number of methoxy groups -OCH3 is 2. The van der Waals surface area contributed by atoms with Crippen LogP contribution in [0.5, 0.6) is 23.1 Å². The van der Waals surface area contributed by atoms with E-state index in [2.05, 4.69) is 31.2 Å². The van der Waals surface area contributed by atoms with Gasteiger partial charge in [0.15, 0.2) is 17.2 Å². The van der Waals surface area contributed by atoms with Crippen LogP contribution in [0.3, 0.4) is 0 Å². The van der Waals surface area contributed by atoms with Gasteiger partial charge < -0.3 is 24.4 Å². The van der Waals surface area contributed by atoms with Crippen LogP contribution in [-0.4, -0.2) is 36.6 Å². The zero-order valence-electron chi connectivity index (χ0n) is 18.9. The van der Waals surface area contributed by atoms with Gasteiger partial charge in [0.25, 0.3) is 0 Å². The third-order valence-electron chi connectivity index (χ3n) is 5.40. The Kier molecular flexibility index (Phi) is 6.69. The zero-order valence-corrected chi connectivity index (χ0v) is 20.5. The van der Waals surface area contributed by atoms with Crippen molar-refractivity contribution in [2.24, 2.45) is 0 Å². The van der Waals surface area contributed by atoms with Gasteiger partial charge in [-0.25, -0.2) is 4.98 Å². The molecule has 0 fully saturated rings.